The normalized spacial score (nSPS) is 17.7. The Morgan fingerprint density at radius 2 is 1.41 bits per heavy atom. The Balaban J connectivity index is 0.000000343. The van der Waals surface area contributed by atoms with Gasteiger partial charge >= 0.3 is 12.2 Å². The molecular weight excluding hydrogens is 465 g/mol. The molecule has 0 atom stereocenters. The van der Waals surface area contributed by atoms with E-state index in [1.165, 1.54) is 25.0 Å². The highest BCUT2D eigenvalue weighted by atomic mass is 32.2. The van der Waals surface area contributed by atoms with E-state index in [4.69, 9.17) is 5.11 Å². The van der Waals surface area contributed by atoms with E-state index in [1.54, 1.807) is 24.1 Å². The molecule has 3 N–H and O–H groups in total. The van der Waals surface area contributed by atoms with Gasteiger partial charge in [-0.1, -0.05) is 0 Å². The van der Waals surface area contributed by atoms with Crippen molar-refractivity contribution in [2.75, 3.05) is 43.9 Å². The Morgan fingerprint density at radius 1 is 0.912 bits per heavy atom. The van der Waals surface area contributed by atoms with Gasteiger partial charge in [0, 0.05) is 42.4 Å². The fourth-order valence-electron chi connectivity index (χ4n) is 3.56. The summed E-state index contributed by atoms with van der Waals surface area (Å²) in [5.74, 6) is 0. The van der Waals surface area contributed by atoms with Crippen molar-refractivity contribution in [3.8, 4) is 0 Å². The molecule has 2 fully saturated rings. The molecule has 34 heavy (non-hydrogen) atoms. The van der Waals surface area contributed by atoms with Gasteiger partial charge in [0.15, 0.2) is 0 Å². The first-order valence-electron chi connectivity index (χ1n) is 11.3. The van der Waals surface area contributed by atoms with Crippen molar-refractivity contribution in [1.29, 1.82) is 0 Å². The number of hydrogen-bond acceptors (Lipinski definition) is 5. The molecule has 2 aliphatic rings. The molecule has 2 heterocycles. The smallest absolute Gasteiger partial charge is 0.393 e. The number of amides is 2. The fraction of sp³-hybridized carbons (Fsp3) is 0.458. The average molecular weight is 497 g/mol. The number of aliphatic hydroxyl groups excluding tert-OH is 1. The summed E-state index contributed by atoms with van der Waals surface area (Å²) < 4.78 is 39.9. The fourth-order valence-corrected chi connectivity index (χ4v) is 4.56. The van der Waals surface area contributed by atoms with Crippen LogP contribution in [0.15, 0.2) is 53.4 Å². The largest absolute Gasteiger partial charge is 0.416 e. The van der Waals surface area contributed by atoms with Gasteiger partial charge in [0.2, 0.25) is 0 Å². The van der Waals surface area contributed by atoms with Crippen LogP contribution in [0.25, 0.3) is 0 Å². The van der Waals surface area contributed by atoms with Crippen LogP contribution in [0.4, 0.5) is 29.3 Å². The molecule has 0 spiro atoms. The number of benzene rings is 2. The highest BCUT2D eigenvalue weighted by molar-refractivity contribution is 7.97. The summed E-state index contributed by atoms with van der Waals surface area (Å²) in [6.07, 6.45) is -0.0675. The molecule has 2 aromatic carbocycles. The summed E-state index contributed by atoms with van der Waals surface area (Å²) >= 11 is 1.70. The highest BCUT2D eigenvalue weighted by Crippen LogP contribution is 2.30. The van der Waals surface area contributed by atoms with Crippen LogP contribution >= 0.6 is 11.9 Å². The summed E-state index contributed by atoms with van der Waals surface area (Å²) in [5, 5.41) is 14.2. The average Bonchev–Trinajstić information content (AvgIpc) is 3.30. The van der Waals surface area contributed by atoms with Gasteiger partial charge < -0.3 is 20.6 Å². The van der Waals surface area contributed by atoms with Gasteiger partial charge in [-0.25, -0.2) is 9.10 Å². The van der Waals surface area contributed by atoms with Gasteiger partial charge in [0.25, 0.3) is 0 Å². The van der Waals surface area contributed by atoms with E-state index < -0.39 is 17.8 Å². The Kier molecular flexibility index (Phi) is 9.63. The number of urea groups is 1. The monoisotopic (exact) mass is 496 g/mol. The third-order valence-electron chi connectivity index (χ3n) is 5.57. The topological polar surface area (TPSA) is 67.8 Å². The third-order valence-corrected chi connectivity index (χ3v) is 6.68. The quantitative estimate of drug-likeness (QED) is 0.486. The van der Waals surface area contributed by atoms with Crippen molar-refractivity contribution in [2.24, 2.45) is 0 Å². The van der Waals surface area contributed by atoms with Crippen molar-refractivity contribution < 1.29 is 23.1 Å². The van der Waals surface area contributed by atoms with Crippen molar-refractivity contribution in [2.45, 2.75) is 42.9 Å². The number of rotatable bonds is 4. The zero-order valence-corrected chi connectivity index (χ0v) is 20.0. The van der Waals surface area contributed by atoms with Crippen molar-refractivity contribution in [3.05, 3.63) is 54.1 Å². The van der Waals surface area contributed by atoms with E-state index in [1.807, 2.05) is 12.1 Å². The molecule has 2 aromatic rings. The summed E-state index contributed by atoms with van der Waals surface area (Å²) in [5.41, 5.74) is 0.145. The van der Waals surface area contributed by atoms with Crippen molar-refractivity contribution in [1.82, 2.24) is 9.21 Å². The van der Waals surface area contributed by atoms with E-state index in [0.717, 1.165) is 56.0 Å². The number of aliphatic hydroxyl groups is 1. The van der Waals surface area contributed by atoms with Gasteiger partial charge in [-0.2, -0.15) is 13.2 Å². The SMILES string of the molecule is CN1CCC(O)CC1.O=C(Nc1ccc(SN2CCCC2)cc1)Nc1ccc(C(F)(F)F)cc1. The van der Waals surface area contributed by atoms with E-state index in [0.29, 0.717) is 5.69 Å². The lowest BCUT2D eigenvalue weighted by molar-refractivity contribution is -0.137. The Labute approximate surface area is 202 Å². The summed E-state index contributed by atoms with van der Waals surface area (Å²) in [4.78, 5) is 15.3. The molecule has 10 heteroatoms. The first kappa shape index (κ1) is 26.3. The number of anilines is 2. The lowest BCUT2D eigenvalue weighted by atomic mass is 10.1. The molecular formula is C24H31F3N4O2S. The van der Waals surface area contributed by atoms with E-state index in [-0.39, 0.29) is 11.8 Å². The standard InChI is InChI=1S/C18H18F3N3OS.C6H13NO/c19-18(20,21)13-3-5-14(6-4-13)22-17(25)23-15-7-9-16(10-8-15)26-24-11-1-2-12-24;1-7-4-2-6(8)3-5-7/h3-10H,1-2,11-12H2,(H2,22,23,25);6,8H,2-5H2,1H3. The molecule has 6 nitrogen and oxygen atoms in total. The Morgan fingerprint density at radius 3 is 1.88 bits per heavy atom. The van der Waals surface area contributed by atoms with Gasteiger partial charge in [-0.05, 0) is 93.2 Å². The molecule has 0 unspecified atom stereocenters. The van der Waals surface area contributed by atoms with Crippen LogP contribution in [0, 0.1) is 0 Å². The van der Waals surface area contributed by atoms with E-state index in [2.05, 4.69) is 26.9 Å². The first-order valence-corrected chi connectivity index (χ1v) is 12.1. The highest BCUT2D eigenvalue weighted by Gasteiger charge is 2.30. The number of piperidine rings is 1. The molecule has 0 radical (unpaired) electrons. The van der Waals surface area contributed by atoms with Crippen molar-refractivity contribution >= 4 is 29.4 Å². The van der Waals surface area contributed by atoms with Crippen LogP contribution in [-0.4, -0.2) is 59.7 Å². The number of hydrogen-bond donors (Lipinski definition) is 3. The zero-order valence-electron chi connectivity index (χ0n) is 19.1. The minimum absolute atomic E-state index is 0.0220. The van der Waals surface area contributed by atoms with Crippen LogP contribution in [0.2, 0.25) is 0 Å². The molecule has 0 aliphatic carbocycles. The van der Waals surface area contributed by atoms with Gasteiger partial charge in [0.1, 0.15) is 0 Å². The van der Waals surface area contributed by atoms with Crippen molar-refractivity contribution in [3.63, 3.8) is 0 Å². The van der Waals surface area contributed by atoms with Crippen LogP contribution in [0.3, 0.4) is 0 Å². The second-order valence-corrected chi connectivity index (χ2v) is 9.61. The lowest BCUT2D eigenvalue weighted by Gasteiger charge is -2.25. The molecule has 0 aromatic heterocycles. The lowest BCUT2D eigenvalue weighted by Crippen LogP contribution is -2.32. The van der Waals surface area contributed by atoms with Gasteiger partial charge in [0.05, 0.1) is 11.7 Å². The molecule has 0 saturated carbocycles. The molecule has 2 amide bonds. The first-order chi connectivity index (χ1) is 16.2. The predicted octanol–water partition coefficient (Wildman–Crippen LogP) is 5.53. The number of nitrogens with one attached hydrogen (secondary N) is 2. The molecule has 2 saturated heterocycles. The summed E-state index contributed by atoms with van der Waals surface area (Å²) in [7, 11) is 2.09. The molecule has 2 aliphatic heterocycles. The minimum Gasteiger partial charge on any atom is -0.393 e. The maximum atomic E-state index is 12.5. The number of nitrogens with zero attached hydrogens (tertiary/aromatic N) is 2. The van der Waals surface area contributed by atoms with Crippen LogP contribution in [-0.2, 0) is 6.18 Å². The van der Waals surface area contributed by atoms with Gasteiger partial charge in [-0.15, -0.1) is 0 Å². The van der Waals surface area contributed by atoms with Crippen LogP contribution in [0.5, 0.6) is 0 Å². The minimum atomic E-state index is -4.39. The number of alkyl halides is 3. The summed E-state index contributed by atoms with van der Waals surface area (Å²) in [6.45, 7) is 4.28. The zero-order chi connectivity index (χ0) is 24.6. The van der Waals surface area contributed by atoms with Gasteiger partial charge in [-0.3, -0.25) is 0 Å². The van der Waals surface area contributed by atoms with Crippen LogP contribution < -0.4 is 10.6 Å². The second-order valence-electron chi connectivity index (χ2n) is 8.44. The Hall–Kier alpha value is -2.27. The molecule has 186 valence electrons. The number of halogens is 3. The number of carbonyl (C=O) groups excluding carboxylic acids is 1. The second kappa shape index (κ2) is 12.4. The maximum absolute atomic E-state index is 12.5. The molecule has 4 rings (SSSR count). The number of likely N-dealkylation sites (tertiary alicyclic amines) is 1. The maximum Gasteiger partial charge on any atom is 0.416 e. The van der Waals surface area contributed by atoms with E-state index in [9.17, 15) is 18.0 Å². The number of carbonyl (C=O) groups is 1. The van der Waals surface area contributed by atoms with E-state index >= 15 is 0 Å². The predicted molar refractivity (Wildman–Crippen MR) is 130 cm³/mol. The molecule has 0 bridgehead atoms. The van der Waals surface area contributed by atoms with Crippen LogP contribution in [0.1, 0.15) is 31.2 Å². The Bertz CT molecular complexity index is 886. The third kappa shape index (κ3) is 8.83. The summed E-state index contributed by atoms with van der Waals surface area (Å²) in [6, 6.07) is 11.2.